The Kier molecular flexibility index (Phi) is 4.23. The lowest BCUT2D eigenvalue weighted by molar-refractivity contribution is 0.603. The lowest BCUT2D eigenvalue weighted by atomic mass is 10.1. The van der Waals surface area contributed by atoms with Crippen LogP contribution in [0.25, 0.3) is 10.6 Å². The maximum atomic E-state index is 12.6. The molecule has 2 N–H and O–H groups in total. The number of benzene rings is 1. The zero-order valence-electron chi connectivity index (χ0n) is 12.8. The Hall–Kier alpha value is -2.12. The van der Waals surface area contributed by atoms with Crippen molar-refractivity contribution in [2.24, 2.45) is 0 Å². The Morgan fingerprint density at radius 2 is 2.00 bits per heavy atom. The van der Waals surface area contributed by atoms with Gasteiger partial charge in [0.15, 0.2) is 0 Å². The number of aryl methyl sites for hydroxylation is 2. The maximum absolute atomic E-state index is 12.6. The molecule has 0 bridgehead atoms. The van der Waals surface area contributed by atoms with E-state index in [2.05, 4.69) is 14.9 Å². The summed E-state index contributed by atoms with van der Waals surface area (Å²) in [5, 5.41) is 7.02. The highest BCUT2D eigenvalue weighted by Crippen LogP contribution is 2.31. The zero-order chi connectivity index (χ0) is 16.4. The molecule has 1 aromatic carbocycles. The minimum Gasteiger partial charge on any atom is -0.282 e. The summed E-state index contributed by atoms with van der Waals surface area (Å²) in [6, 6.07) is 12.7. The number of sulfonamides is 1. The molecule has 0 aliphatic carbocycles. The normalized spacial score (nSPS) is 11.6. The van der Waals surface area contributed by atoms with E-state index >= 15 is 0 Å². The minimum atomic E-state index is -3.60. The van der Waals surface area contributed by atoms with E-state index in [1.54, 1.807) is 18.2 Å². The van der Waals surface area contributed by atoms with E-state index < -0.39 is 10.0 Å². The van der Waals surface area contributed by atoms with Crippen molar-refractivity contribution in [3.05, 3.63) is 53.7 Å². The number of nitrogens with zero attached hydrogens (tertiary/aromatic N) is 1. The zero-order valence-corrected chi connectivity index (χ0v) is 14.5. The SMILES string of the molecule is CCc1ccccc1NS(=O)(=O)c1ccc(-c2cc(C)[nH]n2)s1. The van der Waals surface area contributed by atoms with Gasteiger partial charge < -0.3 is 0 Å². The van der Waals surface area contributed by atoms with Crippen LogP contribution in [0.15, 0.2) is 46.7 Å². The Morgan fingerprint density at radius 1 is 1.22 bits per heavy atom. The standard InChI is InChI=1S/C16H17N3O2S2/c1-3-12-6-4-5-7-13(12)19-23(20,21)16-9-8-15(22-16)14-10-11(2)17-18-14/h4-10,19H,3H2,1-2H3,(H,17,18). The number of aromatic nitrogens is 2. The van der Waals surface area contributed by atoms with Gasteiger partial charge in [0.2, 0.25) is 0 Å². The number of nitrogens with one attached hydrogen (secondary N) is 2. The smallest absolute Gasteiger partial charge is 0.271 e. The minimum absolute atomic E-state index is 0.277. The van der Waals surface area contributed by atoms with E-state index in [9.17, 15) is 8.42 Å². The molecule has 0 saturated carbocycles. The molecule has 7 heteroatoms. The summed E-state index contributed by atoms with van der Waals surface area (Å²) < 4.78 is 28.1. The Bertz CT molecular complexity index is 926. The predicted octanol–water partition coefficient (Wildman–Crippen LogP) is 3.81. The van der Waals surface area contributed by atoms with Gasteiger partial charge in [0.1, 0.15) is 9.90 Å². The highest BCUT2D eigenvalue weighted by Gasteiger charge is 2.19. The lowest BCUT2D eigenvalue weighted by Gasteiger charge is -2.10. The second kappa shape index (κ2) is 6.17. The van der Waals surface area contributed by atoms with Gasteiger partial charge in [-0.1, -0.05) is 25.1 Å². The molecular weight excluding hydrogens is 330 g/mol. The van der Waals surface area contributed by atoms with Crippen molar-refractivity contribution in [1.29, 1.82) is 0 Å². The van der Waals surface area contributed by atoms with Gasteiger partial charge in [-0.25, -0.2) is 8.42 Å². The summed E-state index contributed by atoms with van der Waals surface area (Å²) >= 11 is 1.21. The molecule has 0 atom stereocenters. The maximum Gasteiger partial charge on any atom is 0.271 e. The predicted molar refractivity (Wildman–Crippen MR) is 93.3 cm³/mol. The molecule has 0 spiro atoms. The summed E-state index contributed by atoms with van der Waals surface area (Å²) in [7, 11) is -3.60. The van der Waals surface area contributed by atoms with Gasteiger partial charge in [-0.2, -0.15) is 5.10 Å². The van der Waals surface area contributed by atoms with Crippen molar-refractivity contribution in [2.75, 3.05) is 4.72 Å². The first-order valence-corrected chi connectivity index (χ1v) is 9.52. The molecule has 5 nitrogen and oxygen atoms in total. The number of hydrogen-bond acceptors (Lipinski definition) is 4. The van der Waals surface area contributed by atoms with Crippen LogP contribution in [0.1, 0.15) is 18.2 Å². The van der Waals surface area contributed by atoms with Gasteiger partial charge in [-0.15, -0.1) is 11.3 Å². The van der Waals surface area contributed by atoms with Crippen molar-refractivity contribution in [3.63, 3.8) is 0 Å². The van der Waals surface area contributed by atoms with Gasteiger partial charge in [0, 0.05) is 5.69 Å². The molecule has 23 heavy (non-hydrogen) atoms. The Labute approximate surface area is 139 Å². The summed E-state index contributed by atoms with van der Waals surface area (Å²) in [4.78, 5) is 0.818. The highest BCUT2D eigenvalue weighted by atomic mass is 32.2. The third kappa shape index (κ3) is 3.30. The van der Waals surface area contributed by atoms with Crippen LogP contribution in [0.3, 0.4) is 0 Å². The van der Waals surface area contributed by atoms with Gasteiger partial charge in [0.25, 0.3) is 10.0 Å². The summed E-state index contributed by atoms with van der Waals surface area (Å²) in [5.74, 6) is 0. The second-order valence-corrected chi connectivity index (χ2v) is 8.16. The molecule has 2 heterocycles. The number of aromatic amines is 1. The van der Waals surface area contributed by atoms with Crippen molar-refractivity contribution in [2.45, 2.75) is 24.5 Å². The van der Waals surface area contributed by atoms with Crippen molar-refractivity contribution in [3.8, 4) is 10.6 Å². The summed E-state index contributed by atoms with van der Waals surface area (Å²) in [6.45, 7) is 3.90. The van der Waals surface area contributed by atoms with Gasteiger partial charge in [-0.05, 0) is 43.2 Å². The molecular formula is C16H17N3O2S2. The third-order valence-corrected chi connectivity index (χ3v) is 6.41. The molecule has 3 aromatic rings. The van der Waals surface area contributed by atoms with E-state index in [1.165, 1.54) is 11.3 Å². The fourth-order valence-electron chi connectivity index (χ4n) is 2.27. The highest BCUT2D eigenvalue weighted by molar-refractivity contribution is 7.94. The molecule has 2 aromatic heterocycles. The molecule has 0 unspecified atom stereocenters. The fraction of sp³-hybridized carbons (Fsp3) is 0.188. The van der Waals surface area contributed by atoms with Gasteiger partial charge in [0.05, 0.1) is 10.6 Å². The van der Waals surface area contributed by atoms with E-state index in [1.807, 2.05) is 38.1 Å². The molecule has 3 rings (SSSR count). The van der Waals surface area contributed by atoms with Crippen LogP contribution < -0.4 is 4.72 Å². The number of para-hydroxylation sites is 1. The number of rotatable bonds is 5. The van der Waals surface area contributed by atoms with Gasteiger partial charge in [-0.3, -0.25) is 9.82 Å². The van der Waals surface area contributed by atoms with E-state index in [4.69, 9.17) is 0 Å². The van der Waals surface area contributed by atoms with Crippen molar-refractivity contribution in [1.82, 2.24) is 10.2 Å². The third-order valence-electron chi connectivity index (χ3n) is 3.45. The monoisotopic (exact) mass is 347 g/mol. The number of H-pyrrole nitrogens is 1. The Morgan fingerprint density at radius 3 is 2.70 bits per heavy atom. The van der Waals surface area contributed by atoms with Crippen LogP contribution in [0.4, 0.5) is 5.69 Å². The largest absolute Gasteiger partial charge is 0.282 e. The van der Waals surface area contributed by atoms with E-state index in [0.29, 0.717) is 5.69 Å². The molecule has 0 aliphatic rings. The number of anilines is 1. The summed E-state index contributed by atoms with van der Waals surface area (Å²) in [5.41, 5.74) is 3.28. The van der Waals surface area contributed by atoms with Crippen LogP contribution in [0.2, 0.25) is 0 Å². The number of hydrogen-bond donors (Lipinski definition) is 2. The molecule has 0 saturated heterocycles. The van der Waals surface area contributed by atoms with Crippen LogP contribution in [-0.2, 0) is 16.4 Å². The van der Waals surface area contributed by atoms with Crippen molar-refractivity contribution >= 4 is 27.0 Å². The molecule has 0 radical (unpaired) electrons. The first kappa shape index (κ1) is 15.8. The van der Waals surface area contributed by atoms with Crippen LogP contribution in [-0.4, -0.2) is 18.6 Å². The molecule has 0 fully saturated rings. The van der Waals surface area contributed by atoms with Gasteiger partial charge >= 0.3 is 0 Å². The average Bonchev–Trinajstić information content (AvgIpc) is 3.16. The van der Waals surface area contributed by atoms with Crippen molar-refractivity contribution < 1.29 is 8.42 Å². The quantitative estimate of drug-likeness (QED) is 0.737. The lowest BCUT2D eigenvalue weighted by Crippen LogP contribution is -2.12. The topological polar surface area (TPSA) is 74.8 Å². The Balaban J connectivity index is 1.90. The molecule has 0 amide bonds. The van der Waals surface area contributed by atoms with E-state index in [-0.39, 0.29) is 4.21 Å². The first-order chi connectivity index (χ1) is 11.0. The molecule has 120 valence electrons. The summed E-state index contributed by atoms with van der Waals surface area (Å²) in [6.07, 6.45) is 0.765. The van der Waals surface area contributed by atoms with Crippen LogP contribution >= 0.6 is 11.3 Å². The number of thiophene rings is 1. The van der Waals surface area contributed by atoms with Crippen LogP contribution in [0.5, 0.6) is 0 Å². The van der Waals surface area contributed by atoms with Crippen LogP contribution in [0, 0.1) is 6.92 Å². The van der Waals surface area contributed by atoms with E-state index in [0.717, 1.165) is 28.2 Å². The second-order valence-electron chi connectivity index (χ2n) is 5.17. The molecule has 0 aliphatic heterocycles. The first-order valence-electron chi connectivity index (χ1n) is 7.22. The average molecular weight is 347 g/mol. The fourth-order valence-corrected chi connectivity index (χ4v) is 4.64.